The summed E-state index contributed by atoms with van der Waals surface area (Å²) in [4.78, 5) is 10.9. The van der Waals surface area contributed by atoms with Gasteiger partial charge < -0.3 is 15.5 Å². The van der Waals surface area contributed by atoms with Crippen LogP contribution in [-0.4, -0.2) is 29.6 Å². The fourth-order valence-corrected chi connectivity index (χ4v) is 2.87. The lowest BCUT2D eigenvalue weighted by Gasteiger charge is -2.32. The van der Waals surface area contributed by atoms with Gasteiger partial charge in [-0.05, 0) is 43.0 Å². The maximum absolute atomic E-state index is 4.26. The summed E-state index contributed by atoms with van der Waals surface area (Å²) in [6.45, 7) is 9.01. The van der Waals surface area contributed by atoms with E-state index >= 15 is 0 Å². The smallest absolute Gasteiger partial charge is 0.135 e. The highest BCUT2D eigenvalue weighted by molar-refractivity contribution is 5.62. The van der Waals surface area contributed by atoms with Crippen molar-refractivity contribution in [3.63, 3.8) is 0 Å². The average molecular weight is 323 g/mol. The molecule has 2 heterocycles. The summed E-state index contributed by atoms with van der Waals surface area (Å²) >= 11 is 0. The van der Waals surface area contributed by atoms with Crippen LogP contribution in [0, 0.1) is 5.92 Å². The highest BCUT2D eigenvalue weighted by atomic mass is 15.1. The molecule has 0 aliphatic carbocycles. The van der Waals surface area contributed by atoms with Crippen LogP contribution in [0.25, 0.3) is 0 Å². The van der Waals surface area contributed by atoms with Crippen molar-refractivity contribution < 1.29 is 0 Å². The van der Waals surface area contributed by atoms with E-state index in [4.69, 9.17) is 0 Å². The molecule has 2 N–H and O–H groups in total. The van der Waals surface area contributed by atoms with Gasteiger partial charge in [-0.1, -0.05) is 13.0 Å². The summed E-state index contributed by atoms with van der Waals surface area (Å²) in [5.74, 6) is 2.41. The predicted octanol–water partition coefficient (Wildman–Crippen LogP) is 4.05. The van der Waals surface area contributed by atoms with Crippen molar-refractivity contribution in [2.75, 3.05) is 35.2 Å². The topological polar surface area (TPSA) is 53.1 Å². The van der Waals surface area contributed by atoms with Crippen LogP contribution in [0.15, 0.2) is 49.3 Å². The first-order valence-electron chi connectivity index (χ1n) is 8.53. The van der Waals surface area contributed by atoms with E-state index in [1.54, 1.807) is 12.4 Å². The molecule has 0 radical (unpaired) electrons. The molecule has 0 spiro atoms. The van der Waals surface area contributed by atoms with Crippen molar-refractivity contribution in [3.8, 4) is 0 Å². The number of benzene rings is 1. The molecule has 1 aliphatic heterocycles. The number of aromatic nitrogens is 2. The van der Waals surface area contributed by atoms with Crippen LogP contribution < -0.4 is 15.5 Å². The zero-order valence-corrected chi connectivity index (χ0v) is 14.2. The van der Waals surface area contributed by atoms with Crippen molar-refractivity contribution >= 4 is 23.0 Å². The second kappa shape index (κ2) is 7.81. The third-order valence-electron chi connectivity index (χ3n) is 4.38. The van der Waals surface area contributed by atoms with Gasteiger partial charge in [-0.25, -0.2) is 9.97 Å². The van der Waals surface area contributed by atoms with Crippen LogP contribution in [0.3, 0.4) is 0 Å². The Bertz CT molecular complexity index is 660. The molecule has 0 atom stereocenters. The molecule has 1 aliphatic rings. The molecule has 0 amide bonds. The van der Waals surface area contributed by atoms with Crippen LogP contribution in [0.2, 0.25) is 0 Å². The summed E-state index contributed by atoms with van der Waals surface area (Å²) in [5.41, 5.74) is 2.32. The molecule has 1 aromatic carbocycles. The molecule has 3 rings (SSSR count). The second-order valence-corrected chi connectivity index (χ2v) is 6.30. The normalized spacial score (nSPS) is 15.1. The van der Waals surface area contributed by atoms with Crippen molar-refractivity contribution in [2.45, 2.75) is 19.8 Å². The standard InChI is InChI=1S/C19H25N5/c1-3-10-20-18-13-19(22-14-21-18)23-16-4-6-17(7-5-16)24-11-8-15(2)9-12-24/h3-7,13-15H,1,8-12H2,2H3,(H2,20,21,22,23). The van der Waals surface area contributed by atoms with Gasteiger partial charge in [0.15, 0.2) is 0 Å². The van der Waals surface area contributed by atoms with Crippen LogP contribution in [0.1, 0.15) is 19.8 Å². The third-order valence-corrected chi connectivity index (χ3v) is 4.38. The van der Waals surface area contributed by atoms with E-state index in [0.29, 0.717) is 6.54 Å². The van der Waals surface area contributed by atoms with Gasteiger partial charge >= 0.3 is 0 Å². The van der Waals surface area contributed by atoms with Gasteiger partial charge in [0, 0.05) is 37.1 Å². The van der Waals surface area contributed by atoms with E-state index in [2.05, 4.69) is 63.3 Å². The first-order chi connectivity index (χ1) is 11.7. The van der Waals surface area contributed by atoms with Crippen molar-refractivity contribution in [2.24, 2.45) is 5.92 Å². The predicted molar refractivity (Wildman–Crippen MR) is 101 cm³/mol. The van der Waals surface area contributed by atoms with Gasteiger partial charge in [0.1, 0.15) is 18.0 Å². The summed E-state index contributed by atoms with van der Waals surface area (Å²) < 4.78 is 0. The Hall–Kier alpha value is -2.56. The van der Waals surface area contributed by atoms with Gasteiger partial charge in [-0.2, -0.15) is 0 Å². The minimum Gasteiger partial charge on any atom is -0.372 e. The Morgan fingerprint density at radius 1 is 1.17 bits per heavy atom. The Morgan fingerprint density at radius 3 is 2.58 bits per heavy atom. The highest BCUT2D eigenvalue weighted by Gasteiger charge is 2.15. The molecule has 2 aromatic rings. The molecular formula is C19H25N5. The first-order valence-corrected chi connectivity index (χ1v) is 8.53. The van der Waals surface area contributed by atoms with E-state index in [9.17, 15) is 0 Å². The zero-order valence-electron chi connectivity index (χ0n) is 14.2. The van der Waals surface area contributed by atoms with Gasteiger partial charge in [0.2, 0.25) is 0 Å². The average Bonchev–Trinajstić information content (AvgIpc) is 2.62. The quantitative estimate of drug-likeness (QED) is 0.785. The summed E-state index contributed by atoms with van der Waals surface area (Å²) in [6.07, 6.45) is 5.91. The van der Waals surface area contributed by atoms with E-state index in [1.807, 2.05) is 6.07 Å². The molecule has 0 bridgehead atoms. The molecule has 24 heavy (non-hydrogen) atoms. The van der Waals surface area contributed by atoms with Crippen molar-refractivity contribution in [3.05, 3.63) is 49.3 Å². The Balaban J connectivity index is 1.62. The minimum absolute atomic E-state index is 0.680. The number of nitrogens with zero attached hydrogens (tertiary/aromatic N) is 3. The summed E-state index contributed by atoms with van der Waals surface area (Å²) in [7, 11) is 0. The number of hydrogen-bond acceptors (Lipinski definition) is 5. The maximum Gasteiger partial charge on any atom is 0.135 e. The number of rotatable bonds is 6. The van der Waals surface area contributed by atoms with E-state index in [1.165, 1.54) is 18.5 Å². The van der Waals surface area contributed by atoms with Crippen LogP contribution in [0.4, 0.5) is 23.0 Å². The maximum atomic E-state index is 4.26. The largest absolute Gasteiger partial charge is 0.372 e. The third kappa shape index (κ3) is 4.25. The first kappa shape index (κ1) is 16.3. The number of piperidine rings is 1. The zero-order chi connectivity index (χ0) is 16.8. The summed E-state index contributed by atoms with van der Waals surface area (Å²) in [5, 5.41) is 6.48. The molecule has 126 valence electrons. The van der Waals surface area contributed by atoms with Gasteiger partial charge in [-0.15, -0.1) is 6.58 Å². The van der Waals surface area contributed by atoms with Crippen LogP contribution in [-0.2, 0) is 0 Å². The molecular weight excluding hydrogens is 298 g/mol. The van der Waals surface area contributed by atoms with Gasteiger partial charge in [-0.3, -0.25) is 0 Å². The fourth-order valence-electron chi connectivity index (χ4n) is 2.87. The van der Waals surface area contributed by atoms with Crippen LogP contribution in [0.5, 0.6) is 0 Å². The number of nitrogens with one attached hydrogen (secondary N) is 2. The monoisotopic (exact) mass is 323 g/mol. The van der Waals surface area contributed by atoms with Crippen molar-refractivity contribution in [1.29, 1.82) is 0 Å². The Labute approximate surface area is 143 Å². The van der Waals surface area contributed by atoms with Gasteiger partial charge in [0.25, 0.3) is 0 Å². The number of anilines is 4. The molecule has 0 saturated carbocycles. The van der Waals surface area contributed by atoms with E-state index in [0.717, 1.165) is 36.3 Å². The fraction of sp³-hybridized carbons (Fsp3) is 0.368. The molecule has 5 nitrogen and oxygen atoms in total. The molecule has 5 heteroatoms. The summed E-state index contributed by atoms with van der Waals surface area (Å²) in [6, 6.07) is 10.5. The SMILES string of the molecule is C=CCNc1cc(Nc2ccc(N3CCC(C)CC3)cc2)ncn1. The Kier molecular flexibility index (Phi) is 5.31. The number of hydrogen-bond donors (Lipinski definition) is 2. The lowest BCUT2D eigenvalue weighted by atomic mass is 9.99. The lowest BCUT2D eigenvalue weighted by molar-refractivity contribution is 0.438. The van der Waals surface area contributed by atoms with Gasteiger partial charge in [0.05, 0.1) is 0 Å². The Morgan fingerprint density at radius 2 is 1.88 bits per heavy atom. The van der Waals surface area contributed by atoms with Crippen molar-refractivity contribution in [1.82, 2.24) is 9.97 Å². The molecule has 1 fully saturated rings. The highest BCUT2D eigenvalue weighted by Crippen LogP contribution is 2.25. The van der Waals surface area contributed by atoms with Crippen LogP contribution >= 0.6 is 0 Å². The van der Waals surface area contributed by atoms with E-state index < -0.39 is 0 Å². The van der Waals surface area contributed by atoms with E-state index in [-0.39, 0.29) is 0 Å². The lowest BCUT2D eigenvalue weighted by Crippen LogP contribution is -2.32. The molecule has 1 aromatic heterocycles. The molecule has 0 unspecified atom stereocenters. The molecule has 1 saturated heterocycles. The minimum atomic E-state index is 0.680. The second-order valence-electron chi connectivity index (χ2n) is 6.30.